The first-order valence-corrected chi connectivity index (χ1v) is 21.7. The lowest BCUT2D eigenvalue weighted by Gasteiger charge is -2.61. The van der Waals surface area contributed by atoms with Gasteiger partial charge in [0.25, 0.3) is 0 Å². The van der Waals surface area contributed by atoms with E-state index in [-0.39, 0.29) is 23.0 Å². The molecule has 0 aromatic rings. The SMILES string of the molecule is CC(=O)OCC1(COC(C)=O)O[C@H](O[C@H]2CC[C@@]3(C)[C@H](CC[C@@H]4[C@@H]3CC[C@]3(C)[C@@H]5[C@H](C[C@@H]43)O[C@]3(CC[C@H](C)CO3)[C@H]5C)C2)[C@H](OC(C)=O)[C@@H](OC(C)=O)[C@H]1OC(C)=O. The van der Waals surface area contributed by atoms with Crippen molar-refractivity contribution in [3.8, 4) is 0 Å². The molecule has 3 aliphatic heterocycles. The van der Waals surface area contributed by atoms with Crippen LogP contribution in [0, 0.1) is 52.3 Å². The van der Waals surface area contributed by atoms with E-state index < -0.39 is 79.1 Å². The molecule has 0 amide bonds. The van der Waals surface area contributed by atoms with Crippen LogP contribution in [0.3, 0.4) is 0 Å². The molecule has 0 N–H and O–H groups in total. The van der Waals surface area contributed by atoms with Crippen LogP contribution in [-0.2, 0) is 66.6 Å². The van der Waals surface area contributed by atoms with Gasteiger partial charge in [0, 0.05) is 47.0 Å². The zero-order chi connectivity index (χ0) is 41.9. The average molecular weight is 819 g/mol. The third-order valence-corrected chi connectivity index (χ3v) is 15.9. The maximum Gasteiger partial charge on any atom is 0.303 e. The number of rotatable bonds is 9. The van der Waals surface area contributed by atoms with Crippen molar-refractivity contribution in [2.45, 2.75) is 175 Å². The molecule has 14 nitrogen and oxygen atoms in total. The molecule has 0 aromatic heterocycles. The molecule has 1 spiro atoms. The van der Waals surface area contributed by atoms with Crippen LogP contribution in [0.4, 0.5) is 0 Å². The molecular weight excluding hydrogens is 752 g/mol. The molecule has 326 valence electrons. The fourth-order valence-electron chi connectivity index (χ4n) is 13.4. The third-order valence-electron chi connectivity index (χ3n) is 15.9. The first-order chi connectivity index (χ1) is 27.3. The van der Waals surface area contributed by atoms with Crippen LogP contribution in [0.15, 0.2) is 0 Å². The first-order valence-electron chi connectivity index (χ1n) is 21.7. The third kappa shape index (κ3) is 7.81. The van der Waals surface area contributed by atoms with Crippen LogP contribution in [0.2, 0.25) is 0 Å². The topological polar surface area (TPSA) is 168 Å². The van der Waals surface area contributed by atoms with Crippen molar-refractivity contribution in [3.63, 3.8) is 0 Å². The van der Waals surface area contributed by atoms with Gasteiger partial charge in [-0.25, -0.2) is 0 Å². The van der Waals surface area contributed by atoms with E-state index in [2.05, 4.69) is 27.7 Å². The lowest BCUT2D eigenvalue weighted by Crippen LogP contribution is -2.71. The fourth-order valence-corrected chi connectivity index (χ4v) is 13.4. The predicted molar refractivity (Wildman–Crippen MR) is 204 cm³/mol. The second-order valence-corrected chi connectivity index (χ2v) is 19.5. The van der Waals surface area contributed by atoms with E-state index in [0.29, 0.717) is 47.8 Å². The number of carbonyl (C=O) groups is 5. The second-order valence-electron chi connectivity index (χ2n) is 19.5. The number of esters is 5. The van der Waals surface area contributed by atoms with Crippen LogP contribution in [-0.4, -0.2) is 97.9 Å². The lowest BCUT2D eigenvalue weighted by atomic mass is 9.44. The highest BCUT2D eigenvalue weighted by atomic mass is 16.8. The van der Waals surface area contributed by atoms with Crippen molar-refractivity contribution in [3.05, 3.63) is 0 Å². The van der Waals surface area contributed by atoms with Crippen LogP contribution in [0.25, 0.3) is 0 Å². The number of hydrogen-bond donors (Lipinski definition) is 0. The molecule has 4 saturated carbocycles. The number of fused-ring (bicyclic) bond motifs is 7. The summed E-state index contributed by atoms with van der Waals surface area (Å²) in [6, 6.07) is 0. The van der Waals surface area contributed by atoms with E-state index in [1.54, 1.807) is 0 Å². The summed E-state index contributed by atoms with van der Waals surface area (Å²) < 4.78 is 54.9. The van der Waals surface area contributed by atoms with Crippen molar-refractivity contribution in [2.75, 3.05) is 19.8 Å². The smallest absolute Gasteiger partial charge is 0.303 e. The Bertz CT molecular complexity index is 1570. The minimum atomic E-state index is -1.89. The molecule has 0 radical (unpaired) electrons. The maximum absolute atomic E-state index is 12.6. The molecule has 14 heteroatoms. The Morgan fingerprint density at radius 1 is 0.655 bits per heavy atom. The Hall–Kier alpha value is -2.81. The van der Waals surface area contributed by atoms with Gasteiger partial charge >= 0.3 is 29.8 Å². The molecule has 16 atom stereocenters. The number of ether oxygens (including phenoxy) is 9. The summed E-state index contributed by atoms with van der Waals surface area (Å²) in [7, 11) is 0. The maximum atomic E-state index is 12.6. The van der Waals surface area contributed by atoms with Crippen molar-refractivity contribution in [1.82, 2.24) is 0 Å². The van der Waals surface area contributed by atoms with Gasteiger partial charge in [0.1, 0.15) is 13.2 Å². The molecule has 0 bridgehead atoms. The Kier molecular flexibility index (Phi) is 12.1. The Balaban J connectivity index is 1.11. The summed E-state index contributed by atoms with van der Waals surface area (Å²) in [5.41, 5.74) is -1.56. The van der Waals surface area contributed by atoms with Gasteiger partial charge in [-0.2, -0.15) is 0 Å². The van der Waals surface area contributed by atoms with Gasteiger partial charge in [-0.3, -0.25) is 24.0 Å². The Morgan fingerprint density at radius 3 is 1.90 bits per heavy atom. The van der Waals surface area contributed by atoms with E-state index >= 15 is 0 Å². The minimum absolute atomic E-state index is 0.107. The van der Waals surface area contributed by atoms with Crippen LogP contribution < -0.4 is 0 Å². The predicted octanol–water partition coefficient (Wildman–Crippen LogP) is 5.83. The van der Waals surface area contributed by atoms with E-state index in [4.69, 9.17) is 42.6 Å². The van der Waals surface area contributed by atoms with Gasteiger partial charge in [-0.05, 0) is 104 Å². The van der Waals surface area contributed by atoms with Crippen molar-refractivity contribution < 1.29 is 66.6 Å². The van der Waals surface area contributed by atoms with Gasteiger partial charge in [0.15, 0.2) is 36.0 Å². The molecule has 58 heavy (non-hydrogen) atoms. The molecule has 4 aliphatic carbocycles. The molecule has 0 aromatic carbocycles. The molecule has 0 unspecified atom stereocenters. The summed E-state index contributed by atoms with van der Waals surface area (Å²) >= 11 is 0. The van der Waals surface area contributed by atoms with Gasteiger partial charge in [-0.1, -0.05) is 27.7 Å². The van der Waals surface area contributed by atoms with Crippen molar-refractivity contribution in [1.29, 1.82) is 0 Å². The van der Waals surface area contributed by atoms with Gasteiger partial charge in [0.05, 0.1) is 18.8 Å². The monoisotopic (exact) mass is 818 g/mol. The van der Waals surface area contributed by atoms with Crippen molar-refractivity contribution >= 4 is 29.8 Å². The van der Waals surface area contributed by atoms with Crippen LogP contribution in [0.1, 0.15) is 127 Å². The quantitative estimate of drug-likeness (QED) is 0.155. The fraction of sp³-hybridized carbons (Fsp3) is 0.886. The standard InChI is InChI=1S/C44H66O14/c1-23-12-17-44(52-20-23)24(2)36-35(57-44)19-34-32-11-10-30-18-31(13-15-41(30,8)33(32)14-16-42(34,36)9)56-40-38(54-28(6)48)37(53-27(5)47)39(55-29(7)49)43(58-40,21-50-25(3)45)22-51-26(4)46/h23-24,30-40H,10-22H2,1-9H3/t23-,24-,30+,31-,32+,33-,34-,35-,36-,37+,38+,39+,40-,41-,42-,44+/m0/s1. The highest BCUT2D eigenvalue weighted by Gasteiger charge is 2.69. The normalized spacial score (nSPS) is 45.1. The summed E-state index contributed by atoms with van der Waals surface area (Å²) in [4.78, 5) is 62.0. The zero-order valence-electron chi connectivity index (χ0n) is 35.9. The summed E-state index contributed by atoms with van der Waals surface area (Å²) in [5.74, 6) is -0.387. The van der Waals surface area contributed by atoms with E-state index in [1.807, 2.05) is 0 Å². The highest BCUT2D eigenvalue weighted by Crippen LogP contribution is 2.71. The van der Waals surface area contributed by atoms with E-state index in [1.165, 1.54) is 40.5 Å². The second kappa shape index (κ2) is 16.2. The van der Waals surface area contributed by atoms with E-state index in [9.17, 15) is 24.0 Å². The zero-order valence-corrected chi connectivity index (χ0v) is 35.9. The van der Waals surface area contributed by atoms with Gasteiger partial charge in [-0.15, -0.1) is 0 Å². The summed E-state index contributed by atoms with van der Waals surface area (Å²) in [6.45, 7) is 15.3. The van der Waals surface area contributed by atoms with Crippen molar-refractivity contribution in [2.24, 2.45) is 52.3 Å². The molecule has 7 fully saturated rings. The average Bonchev–Trinajstić information content (AvgIpc) is 3.59. The van der Waals surface area contributed by atoms with Gasteiger partial charge < -0.3 is 42.6 Å². The highest BCUT2D eigenvalue weighted by molar-refractivity contribution is 5.69. The van der Waals surface area contributed by atoms with Crippen LogP contribution in [0.5, 0.6) is 0 Å². The molecular formula is C44H66O14. The molecule has 3 heterocycles. The molecule has 3 saturated heterocycles. The summed E-state index contributed by atoms with van der Waals surface area (Å²) in [6.07, 6.45) is 4.41. The van der Waals surface area contributed by atoms with Gasteiger partial charge in [0.2, 0.25) is 0 Å². The van der Waals surface area contributed by atoms with E-state index in [0.717, 1.165) is 58.5 Å². The largest absolute Gasteiger partial charge is 0.462 e. The number of carbonyl (C=O) groups excluding carboxylic acids is 5. The summed E-state index contributed by atoms with van der Waals surface area (Å²) in [5, 5.41) is 0. The Labute approximate surface area is 342 Å². The molecule has 7 aliphatic rings. The lowest BCUT2D eigenvalue weighted by molar-refractivity contribution is -0.357. The Morgan fingerprint density at radius 2 is 1.29 bits per heavy atom. The number of hydrogen-bond acceptors (Lipinski definition) is 14. The minimum Gasteiger partial charge on any atom is -0.462 e. The molecule has 7 rings (SSSR count). The first kappa shape index (κ1) is 43.3. The van der Waals surface area contributed by atoms with Crippen LogP contribution >= 0.6 is 0 Å².